The number of benzene rings is 1. The molecule has 0 aromatic heterocycles. The normalized spacial score (nSPS) is 10.9. The van der Waals surface area contributed by atoms with Crippen LogP contribution in [0.2, 0.25) is 0 Å². The van der Waals surface area contributed by atoms with E-state index in [0.29, 0.717) is 0 Å². The number of alkyl halides is 4. The summed E-state index contributed by atoms with van der Waals surface area (Å²) in [6.45, 7) is 0. The standard InChI is InChI=1S/C11H7ClF3NO3/c12-4-6-1-7(3-10(17)18)8(5-16)9(2-6)19-11(13,14)15/h1-2H,3-4H2,(H,17,18). The van der Waals surface area contributed by atoms with Crippen molar-refractivity contribution in [2.75, 3.05) is 0 Å². The quantitative estimate of drug-likeness (QED) is 0.867. The van der Waals surface area contributed by atoms with Gasteiger partial charge in [-0.3, -0.25) is 4.79 Å². The molecule has 0 fully saturated rings. The van der Waals surface area contributed by atoms with Gasteiger partial charge in [0.05, 0.1) is 12.0 Å². The van der Waals surface area contributed by atoms with Gasteiger partial charge in [-0.2, -0.15) is 5.26 Å². The molecule has 4 nitrogen and oxygen atoms in total. The first-order chi connectivity index (χ1) is 8.76. The van der Waals surface area contributed by atoms with Gasteiger partial charge in [0.25, 0.3) is 0 Å². The summed E-state index contributed by atoms with van der Waals surface area (Å²) >= 11 is 5.51. The predicted molar refractivity (Wildman–Crippen MR) is 58.7 cm³/mol. The Labute approximate surface area is 111 Å². The molecule has 19 heavy (non-hydrogen) atoms. The number of carbonyl (C=O) groups is 1. The first-order valence-electron chi connectivity index (χ1n) is 4.86. The fraction of sp³-hybridized carbons (Fsp3) is 0.273. The van der Waals surface area contributed by atoms with E-state index in [-0.39, 0.29) is 17.0 Å². The average Bonchev–Trinajstić information content (AvgIpc) is 2.25. The second-order valence-corrected chi connectivity index (χ2v) is 3.76. The van der Waals surface area contributed by atoms with Gasteiger partial charge >= 0.3 is 12.3 Å². The topological polar surface area (TPSA) is 70.3 Å². The molecule has 0 bridgehead atoms. The number of hydrogen-bond donors (Lipinski definition) is 1. The average molecular weight is 294 g/mol. The maximum Gasteiger partial charge on any atom is 0.573 e. The molecule has 1 aromatic rings. The summed E-state index contributed by atoms with van der Waals surface area (Å²) in [5, 5.41) is 17.5. The van der Waals surface area contributed by atoms with Gasteiger partial charge in [0.15, 0.2) is 0 Å². The number of ether oxygens (including phenoxy) is 1. The molecular formula is C11H7ClF3NO3. The van der Waals surface area contributed by atoms with Crippen molar-refractivity contribution < 1.29 is 27.8 Å². The Balaban J connectivity index is 3.35. The molecule has 0 aliphatic carbocycles. The summed E-state index contributed by atoms with van der Waals surface area (Å²) in [6, 6.07) is 3.74. The van der Waals surface area contributed by atoms with Crippen molar-refractivity contribution in [3.8, 4) is 11.8 Å². The molecule has 0 heterocycles. The molecule has 0 atom stereocenters. The van der Waals surface area contributed by atoms with Gasteiger partial charge in [0.2, 0.25) is 0 Å². The molecule has 8 heteroatoms. The van der Waals surface area contributed by atoms with Crippen molar-refractivity contribution in [3.05, 3.63) is 28.8 Å². The molecule has 0 aliphatic heterocycles. The van der Waals surface area contributed by atoms with E-state index < -0.39 is 30.1 Å². The van der Waals surface area contributed by atoms with Crippen LogP contribution in [-0.4, -0.2) is 17.4 Å². The number of hydrogen-bond acceptors (Lipinski definition) is 3. The highest BCUT2D eigenvalue weighted by Gasteiger charge is 2.33. The molecule has 1 rings (SSSR count). The number of aliphatic carboxylic acids is 1. The van der Waals surface area contributed by atoms with Gasteiger partial charge in [0.1, 0.15) is 11.8 Å². The monoisotopic (exact) mass is 293 g/mol. The zero-order valence-corrected chi connectivity index (χ0v) is 10.0. The van der Waals surface area contributed by atoms with Crippen LogP contribution in [0.15, 0.2) is 12.1 Å². The second-order valence-electron chi connectivity index (χ2n) is 3.49. The Morgan fingerprint density at radius 2 is 2.11 bits per heavy atom. The molecule has 0 spiro atoms. The third-order valence-electron chi connectivity index (χ3n) is 2.08. The van der Waals surface area contributed by atoms with Gasteiger partial charge in [-0.25, -0.2) is 0 Å². The van der Waals surface area contributed by atoms with Gasteiger partial charge in [-0.1, -0.05) is 6.07 Å². The lowest BCUT2D eigenvalue weighted by molar-refractivity contribution is -0.274. The van der Waals surface area contributed by atoms with Crippen LogP contribution >= 0.6 is 11.6 Å². The van der Waals surface area contributed by atoms with E-state index in [1.807, 2.05) is 0 Å². The Hall–Kier alpha value is -1.94. The highest BCUT2D eigenvalue weighted by atomic mass is 35.5. The minimum atomic E-state index is -4.98. The Kier molecular flexibility index (Phi) is 4.62. The molecular weight excluding hydrogens is 287 g/mol. The van der Waals surface area contributed by atoms with E-state index in [0.717, 1.165) is 6.07 Å². The van der Waals surface area contributed by atoms with E-state index in [1.54, 1.807) is 0 Å². The number of carboxylic acid groups (broad SMARTS) is 1. The summed E-state index contributed by atoms with van der Waals surface area (Å²) in [5.74, 6) is -2.16. The number of nitrogens with zero attached hydrogens (tertiary/aromatic N) is 1. The van der Waals surface area contributed by atoms with Crippen LogP contribution in [0.25, 0.3) is 0 Å². The molecule has 1 N–H and O–H groups in total. The maximum atomic E-state index is 12.2. The predicted octanol–water partition coefficient (Wildman–Crippen LogP) is 2.82. The van der Waals surface area contributed by atoms with Crippen LogP contribution in [0.4, 0.5) is 13.2 Å². The molecule has 0 unspecified atom stereocenters. The van der Waals surface area contributed by atoms with Crippen molar-refractivity contribution in [3.63, 3.8) is 0 Å². The molecule has 1 aromatic carbocycles. The molecule has 0 saturated carbocycles. The minimum Gasteiger partial charge on any atom is -0.481 e. The zero-order chi connectivity index (χ0) is 14.6. The van der Waals surface area contributed by atoms with Gasteiger partial charge < -0.3 is 9.84 Å². The zero-order valence-electron chi connectivity index (χ0n) is 9.29. The van der Waals surface area contributed by atoms with Crippen LogP contribution < -0.4 is 4.74 Å². The van der Waals surface area contributed by atoms with E-state index in [2.05, 4.69) is 4.74 Å². The number of carboxylic acids is 1. The van der Waals surface area contributed by atoms with Crippen LogP contribution in [0.1, 0.15) is 16.7 Å². The lowest BCUT2D eigenvalue weighted by atomic mass is 10.0. The molecule has 102 valence electrons. The summed E-state index contributed by atoms with van der Waals surface area (Å²) in [7, 11) is 0. The fourth-order valence-electron chi connectivity index (χ4n) is 1.45. The second kappa shape index (κ2) is 5.80. The smallest absolute Gasteiger partial charge is 0.481 e. The fourth-order valence-corrected chi connectivity index (χ4v) is 1.60. The first-order valence-corrected chi connectivity index (χ1v) is 5.39. The SMILES string of the molecule is N#Cc1c(CC(=O)O)cc(CCl)cc1OC(F)(F)F. The first kappa shape index (κ1) is 15.1. The van der Waals surface area contributed by atoms with Gasteiger partial charge in [-0.05, 0) is 17.2 Å². The summed E-state index contributed by atoms with van der Waals surface area (Å²) in [4.78, 5) is 10.6. The van der Waals surface area contributed by atoms with Crippen molar-refractivity contribution >= 4 is 17.6 Å². The summed E-state index contributed by atoms with van der Waals surface area (Å²) < 4.78 is 40.3. The lowest BCUT2D eigenvalue weighted by Crippen LogP contribution is -2.18. The van der Waals surface area contributed by atoms with Crippen molar-refractivity contribution in [2.24, 2.45) is 0 Å². The summed E-state index contributed by atoms with van der Waals surface area (Å²) in [5.41, 5.74) is -0.308. The lowest BCUT2D eigenvalue weighted by Gasteiger charge is -2.13. The van der Waals surface area contributed by atoms with Gasteiger partial charge in [-0.15, -0.1) is 24.8 Å². The Bertz CT molecular complexity index is 537. The largest absolute Gasteiger partial charge is 0.573 e. The molecule has 0 saturated heterocycles. The van der Waals surface area contributed by atoms with E-state index in [1.165, 1.54) is 12.1 Å². The van der Waals surface area contributed by atoms with Gasteiger partial charge in [0, 0.05) is 5.88 Å². The maximum absolute atomic E-state index is 12.2. The van der Waals surface area contributed by atoms with Crippen LogP contribution in [0.5, 0.6) is 5.75 Å². The Morgan fingerprint density at radius 3 is 2.53 bits per heavy atom. The van der Waals surface area contributed by atoms with E-state index in [9.17, 15) is 18.0 Å². The van der Waals surface area contributed by atoms with Crippen LogP contribution in [0.3, 0.4) is 0 Å². The number of halogens is 4. The summed E-state index contributed by atoms with van der Waals surface area (Å²) in [6.07, 6.45) is -5.57. The highest BCUT2D eigenvalue weighted by molar-refractivity contribution is 6.17. The minimum absolute atomic E-state index is 0.0765. The van der Waals surface area contributed by atoms with Crippen LogP contribution in [0, 0.1) is 11.3 Å². The van der Waals surface area contributed by atoms with E-state index >= 15 is 0 Å². The van der Waals surface area contributed by atoms with Crippen molar-refractivity contribution in [1.29, 1.82) is 5.26 Å². The third-order valence-corrected chi connectivity index (χ3v) is 2.39. The van der Waals surface area contributed by atoms with Crippen molar-refractivity contribution in [1.82, 2.24) is 0 Å². The highest BCUT2D eigenvalue weighted by Crippen LogP contribution is 2.30. The van der Waals surface area contributed by atoms with Crippen LogP contribution in [-0.2, 0) is 17.1 Å². The third kappa shape index (κ3) is 4.34. The molecule has 0 radical (unpaired) electrons. The van der Waals surface area contributed by atoms with Crippen molar-refractivity contribution in [2.45, 2.75) is 18.7 Å². The number of nitriles is 1. The number of rotatable bonds is 4. The Morgan fingerprint density at radius 1 is 1.47 bits per heavy atom. The van der Waals surface area contributed by atoms with E-state index in [4.69, 9.17) is 22.0 Å². The molecule has 0 amide bonds. The molecule has 0 aliphatic rings.